The molecular formula is C11H22N2O4. The van der Waals surface area contributed by atoms with Gasteiger partial charge in [0.1, 0.15) is 0 Å². The number of methoxy groups -OCH3 is 1. The molecule has 1 fully saturated rings. The molecule has 0 saturated carbocycles. The molecule has 1 rings (SSSR count). The normalized spacial score (nSPS) is 25.8. The molecule has 1 heterocycles. The first-order valence-electron chi connectivity index (χ1n) is 5.94. The van der Waals surface area contributed by atoms with Crippen molar-refractivity contribution in [3.63, 3.8) is 0 Å². The summed E-state index contributed by atoms with van der Waals surface area (Å²) < 4.78 is 10.1. The second kappa shape index (κ2) is 7.60. The fourth-order valence-corrected chi connectivity index (χ4v) is 1.88. The van der Waals surface area contributed by atoms with Crippen molar-refractivity contribution in [1.82, 2.24) is 10.6 Å². The summed E-state index contributed by atoms with van der Waals surface area (Å²) in [6.07, 6.45) is -0.663. The van der Waals surface area contributed by atoms with E-state index >= 15 is 0 Å². The minimum atomic E-state index is -0.663. The molecule has 0 aliphatic carbocycles. The molecule has 3 atom stereocenters. The van der Waals surface area contributed by atoms with E-state index in [9.17, 15) is 9.90 Å². The summed E-state index contributed by atoms with van der Waals surface area (Å²) in [6.45, 7) is 4.23. The lowest BCUT2D eigenvalue weighted by atomic mass is 10.0. The van der Waals surface area contributed by atoms with Crippen LogP contribution in [0, 0.1) is 5.92 Å². The predicted octanol–water partition coefficient (Wildman–Crippen LogP) is -1.27. The summed E-state index contributed by atoms with van der Waals surface area (Å²) >= 11 is 0. The Kier molecular flexibility index (Phi) is 6.43. The Hall–Kier alpha value is -0.690. The molecule has 1 saturated heterocycles. The minimum absolute atomic E-state index is 0.0690. The second-order valence-electron chi connectivity index (χ2n) is 4.16. The third-order valence-corrected chi connectivity index (χ3v) is 2.75. The monoisotopic (exact) mass is 246 g/mol. The zero-order valence-electron chi connectivity index (χ0n) is 10.4. The number of carbonyl (C=O) groups is 1. The third-order valence-electron chi connectivity index (χ3n) is 2.75. The van der Waals surface area contributed by atoms with E-state index in [1.807, 2.05) is 6.92 Å². The molecule has 0 aromatic rings. The Morgan fingerprint density at radius 2 is 2.35 bits per heavy atom. The van der Waals surface area contributed by atoms with Crippen LogP contribution in [0.25, 0.3) is 0 Å². The predicted molar refractivity (Wildman–Crippen MR) is 62.7 cm³/mol. The largest absolute Gasteiger partial charge is 0.389 e. The average molecular weight is 246 g/mol. The zero-order valence-corrected chi connectivity index (χ0v) is 10.4. The molecule has 0 radical (unpaired) electrons. The van der Waals surface area contributed by atoms with E-state index in [0.717, 1.165) is 6.54 Å². The quantitative estimate of drug-likeness (QED) is 0.522. The number of carbonyl (C=O) groups excluding carboxylic acids is 1. The van der Waals surface area contributed by atoms with Crippen molar-refractivity contribution < 1.29 is 19.4 Å². The molecule has 6 heteroatoms. The first-order valence-corrected chi connectivity index (χ1v) is 5.94. The van der Waals surface area contributed by atoms with Crippen LogP contribution in [0.15, 0.2) is 0 Å². The average Bonchev–Trinajstić information content (AvgIpc) is 2.75. The van der Waals surface area contributed by atoms with Gasteiger partial charge in [0.15, 0.2) is 0 Å². The Labute approximate surface area is 102 Å². The van der Waals surface area contributed by atoms with E-state index in [1.165, 1.54) is 7.11 Å². The lowest BCUT2D eigenvalue weighted by molar-refractivity contribution is -0.126. The van der Waals surface area contributed by atoms with Crippen molar-refractivity contribution in [3.8, 4) is 0 Å². The number of rotatable bonds is 7. The number of aliphatic hydroxyl groups excluding tert-OH is 1. The number of hydrogen-bond acceptors (Lipinski definition) is 5. The summed E-state index contributed by atoms with van der Waals surface area (Å²) in [4.78, 5) is 11.9. The smallest absolute Gasteiger partial charge is 0.227 e. The van der Waals surface area contributed by atoms with Crippen molar-refractivity contribution in [3.05, 3.63) is 0 Å². The van der Waals surface area contributed by atoms with E-state index in [-0.39, 0.29) is 31.0 Å². The van der Waals surface area contributed by atoms with Crippen molar-refractivity contribution in [1.29, 1.82) is 0 Å². The van der Waals surface area contributed by atoms with Crippen LogP contribution >= 0.6 is 0 Å². The maximum atomic E-state index is 11.9. The summed E-state index contributed by atoms with van der Waals surface area (Å²) in [5.41, 5.74) is 0. The molecule has 0 aromatic carbocycles. The van der Waals surface area contributed by atoms with Crippen molar-refractivity contribution >= 4 is 5.91 Å². The van der Waals surface area contributed by atoms with Gasteiger partial charge in [0.25, 0.3) is 0 Å². The van der Waals surface area contributed by atoms with Gasteiger partial charge in [0, 0.05) is 19.7 Å². The van der Waals surface area contributed by atoms with Gasteiger partial charge < -0.3 is 25.2 Å². The highest BCUT2D eigenvalue weighted by Crippen LogP contribution is 2.13. The van der Waals surface area contributed by atoms with Gasteiger partial charge in [-0.3, -0.25) is 4.79 Å². The van der Waals surface area contributed by atoms with Gasteiger partial charge in [0.2, 0.25) is 5.91 Å². The van der Waals surface area contributed by atoms with E-state index < -0.39 is 6.10 Å². The summed E-state index contributed by atoms with van der Waals surface area (Å²) in [5, 5.41) is 15.3. The number of amides is 1. The van der Waals surface area contributed by atoms with Crippen LogP contribution < -0.4 is 10.6 Å². The van der Waals surface area contributed by atoms with Crippen LogP contribution in [0.4, 0.5) is 0 Å². The van der Waals surface area contributed by atoms with Crippen molar-refractivity contribution in [2.75, 3.05) is 40.0 Å². The van der Waals surface area contributed by atoms with Gasteiger partial charge in [-0.1, -0.05) is 6.92 Å². The molecule has 1 amide bonds. The fourth-order valence-electron chi connectivity index (χ4n) is 1.88. The van der Waals surface area contributed by atoms with Gasteiger partial charge in [-0.15, -0.1) is 0 Å². The standard InChI is InChI=1S/C11H22N2O4/c1-3-12-10-7-17-6-9(10)11(15)13-4-8(14)5-16-2/h8-10,12,14H,3-7H2,1-2H3,(H,13,15). The van der Waals surface area contributed by atoms with Crippen molar-refractivity contribution in [2.45, 2.75) is 19.1 Å². The summed E-state index contributed by atoms with van der Waals surface area (Å²) in [5.74, 6) is -0.256. The molecule has 3 unspecified atom stereocenters. The SMILES string of the molecule is CCNC1COCC1C(=O)NCC(O)COC. The van der Waals surface area contributed by atoms with Crippen molar-refractivity contribution in [2.24, 2.45) is 5.92 Å². The number of hydrogen-bond donors (Lipinski definition) is 3. The van der Waals surface area contributed by atoms with Crippen LogP contribution in [-0.2, 0) is 14.3 Å². The highest BCUT2D eigenvalue weighted by atomic mass is 16.5. The molecular weight excluding hydrogens is 224 g/mol. The van der Waals surface area contributed by atoms with Gasteiger partial charge >= 0.3 is 0 Å². The Bertz CT molecular complexity index is 238. The van der Waals surface area contributed by atoms with Crippen LogP contribution in [0.2, 0.25) is 0 Å². The molecule has 1 aliphatic rings. The zero-order chi connectivity index (χ0) is 12.7. The van der Waals surface area contributed by atoms with Gasteiger partial charge in [0.05, 0.1) is 31.8 Å². The molecule has 1 aliphatic heterocycles. The second-order valence-corrected chi connectivity index (χ2v) is 4.16. The summed E-state index contributed by atoms with van der Waals surface area (Å²) in [7, 11) is 1.51. The lowest BCUT2D eigenvalue weighted by Gasteiger charge is -2.18. The third kappa shape index (κ3) is 4.59. The molecule has 0 bridgehead atoms. The first-order chi connectivity index (χ1) is 8.19. The van der Waals surface area contributed by atoms with Crippen LogP contribution in [0.3, 0.4) is 0 Å². The Morgan fingerprint density at radius 3 is 3.00 bits per heavy atom. The van der Waals surface area contributed by atoms with E-state index in [4.69, 9.17) is 9.47 Å². The number of ether oxygens (including phenoxy) is 2. The van der Waals surface area contributed by atoms with Gasteiger partial charge in [-0.05, 0) is 6.54 Å². The fraction of sp³-hybridized carbons (Fsp3) is 0.909. The molecule has 0 spiro atoms. The molecule has 3 N–H and O–H groups in total. The summed E-state index contributed by atoms with van der Waals surface area (Å²) in [6, 6.07) is 0.0690. The minimum Gasteiger partial charge on any atom is -0.389 e. The number of aliphatic hydroxyl groups is 1. The maximum Gasteiger partial charge on any atom is 0.227 e. The Balaban J connectivity index is 2.31. The topological polar surface area (TPSA) is 79.8 Å². The highest BCUT2D eigenvalue weighted by Gasteiger charge is 2.33. The van der Waals surface area contributed by atoms with E-state index in [1.54, 1.807) is 0 Å². The highest BCUT2D eigenvalue weighted by molar-refractivity contribution is 5.79. The van der Waals surface area contributed by atoms with E-state index in [0.29, 0.717) is 13.2 Å². The lowest BCUT2D eigenvalue weighted by Crippen LogP contribution is -2.46. The first kappa shape index (κ1) is 14.4. The Morgan fingerprint density at radius 1 is 1.59 bits per heavy atom. The molecule has 0 aromatic heterocycles. The van der Waals surface area contributed by atoms with Crippen LogP contribution in [0.1, 0.15) is 6.92 Å². The molecule has 6 nitrogen and oxygen atoms in total. The van der Waals surface area contributed by atoms with E-state index in [2.05, 4.69) is 10.6 Å². The maximum absolute atomic E-state index is 11.9. The number of nitrogens with one attached hydrogen (secondary N) is 2. The van der Waals surface area contributed by atoms with Crippen LogP contribution in [0.5, 0.6) is 0 Å². The number of likely N-dealkylation sites (N-methyl/N-ethyl adjacent to an activating group) is 1. The van der Waals surface area contributed by atoms with Gasteiger partial charge in [-0.25, -0.2) is 0 Å². The molecule has 17 heavy (non-hydrogen) atoms. The van der Waals surface area contributed by atoms with Gasteiger partial charge in [-0.2, -0.15) is 0 Å². The molecule has 100 valence electrons. The van der Waals surface area contributed by atoms with Crippen LogP contribution in [-0.4, -0.2) is 63.2 Å².